The second-order valence-electron chi connectivity index (χ2n) is 5.68. The van der Waals surface area contributed by atoms with Crippen LogP contribution in [0.3, 0.4) is 0 Å². The summed E-state index contributed by atoms with van der Waals surface area (Å²) in [5.74, 6) is 0.698. The fourth-order valence-electron chi connectivity index (χ4n) is 2.44. The molecule has 1 atom stereocenters. The molecule has 0 radical (unpaired) electrons. The molecule has 1 unspecified atom stereocenters. The van der Waals surface area contributed by atoms with Gasteiger partial charge in [-0.25, -0.2) is 0 Å². The van der Waals surface area contributed by atoms with E-state index >= 15 is 0 Å². The second kappa shape index (κ2) is 7.98. The number of nitrogens with zero attached hydrogens (tertiary/aromatic N) is 2. The minimum absolute atomic E-state index is 0.0307. The number of para-hydroxylation sites is 1. The average molecular weight is 353 g/mol. The quantitative estimate of drug-likeness (QED) is 0.663. The molecule has 0 spiro atoms. The summed E-state index contributed by atoms with van der Waals surface area (Å²) < 4.78 is 5.26. The number of ether oxygens (including phenoxy) is 1. The Labute approximate surface area is 151 Å². The van der Waals surface area contributed by atoms with Gasteiger partial charge in [0.2, 0.25) is 5.91 Å². The first-order valence-electron chi connectivity index (χ1n) is 7.93. The molecule has 2 aromatic rings. The summed E-state index contributed by atoms with van der Waals surface area (Å²) in [7, 11) is 1.61. The van der Waals surface area contributed by atoms with Crippen molar-refractivity contribution >= 4 is 29.1 Å². The van der Waals surface area contributed by atoms with E-state index < -0.39 is 0 Å². The zero-order chi connectivity index (χ0) is 17.6. The van der Waals surface area contributed by atoms with Gasteiger partial charge in [0.05, 0.1) is 18.6 Å². The van der Waals surface area contributed by atoms with Crippen LogP contribution in [0.5, 0.6) is 5.75 Å². The number of amidine groups is 1. The Morgan fingerprint density at radius 2 is 1.96 bits per heavy atom. The third-order valence-corrected chi connectivity index (χ3v) is 4.87. The van der Waals surface area contributed by atoms with E-state index in [2.05, 4.69) is 39.8 Å². The standard InChI is InChI=1S/C19H19N3O2S/c1-13-7-9-14(10-8-13)11-17-18(23)21-19(25-17)22-20-12-15-5-3-4-6-16(15)24-2/h3-10,12,17H,11H2,1-2H3,(H,21,22,23). The fourth-order valence-corrected chi connectivity index (χ4v) is 3.41. The molecule has 1 N–H and O–H groups in total. The number of thioether (sulfide) groups is 1. The van der Waals surface area contributed by atoms with Gasteiger partial charge < -0.3 is 10.1 Å². The lowest BCUT2D eigenvalue weighted by molar-refractivity contribution is -0.118. The third kappa shape index (κ3) is 4.48. The van der Waals surface area contributed by atoms with Gasteiger partial charge in [0.25, 0.3) is 0 Å². The number of hydrogen-bond donors (Lipinski definition) is 1. The molecule has 1 aliphatic heterocycles. The highest BCUT2D eigenvalue weighted by Gasteiger charge is 2.30. The topological polar surface area (TPSA) is 63.1 Å². The Bertz CT molecular complexity index is 816. The van der Waals surface area contributed by atoms with Gasteiger partial charge >= 0.3 is 0 Å². The lowest BCUT2D eigenvalue weighted by atomic mass is 10.1. The first kappa shape index (κ1) is 17.2. The van der Waals surface area contributed by atoms with Crippen molar-refractivity contribution < 1.29 is 9.53 Å². The summed E-state index contributed by atoms with van der Waals surface area (Å²) in [5, 5.41) is 11.3. The van der Waals surface area contributed by atoms with Crippen LogP contribution >= 0.6 is 11.8 Å². The zero-order valence-electron chi connectivity index (χ0n) is 14.1. The van der Waals surface area contributed by atoms with Gasteiger partial charge in [0.15, 0.2) is 5.17 Å². The van der Waals surface area contributed by atoms with Gasteiger partial charge in [-0.1, -0.05) is 53.7 Å². The highest BCUT2D eigenvalue weighted by molar-refractivity contribution is 8.15. The highest BCUT2D eigenvalue weighted by Crippen LogP contribution is 2.23. The SMILES string of the molecule is COc1ccccc1C=NN=C1NC(=O)C(Cc2ccc(C)cc2)S1. The zero-order valence-corrected chi connectivity index (χ0v) is 14.9. The van der Waals surface area contributed by atoms with E-state index in [-0.39, 0.29) is 11.2 Å². The van der Waals surface area contributed by atoms with Crippen LogP contribution in [0.2, 0.25) is 0 Å². The number of carbonyl (C=O) groups excluding carboxylic acids is 1. The molecule has 25 heavy (non-hydrogen) atoms. The number of benzene rings is 2. The molecule has 6 heteroatoms. The Morgan fingerprint density at radius 1 is 1.20 bits per heavy atom. The number of amides is 1. The maximum absolute atomic E-state index is 12.1. The van der Waals surface area contributed by atoms with E-state index in [1.807, 2.05) is 31.2 Å². The molecule has 1 amide bonds. The van der Waals surface area contributed by atoms with E-state index in [4.69, 9.17) is 4.74 Å². The maximum atomic E-state index is 12.1. The van der Waals surface area contributed by atoms with E-state index in [0.29, 0.717) is 11.6 Å². The van der Waals surface area contributed by atoms with Crippen molar-refractivity contribution in [2.75, 3.05) is 7.11 Å². The van der Waals surface area contributed by atoms with Crippen molar-refractivity contribution in [3.05, 3.63) is 65.2 Å². The Hall–Kier alpha value is -2.60. The molecule has 1 aliphatic rings. The molecule has 1 fully saturated rings. The lowest BCUT2D eigenvalue weighted by Crippen LogP contribution is -2.25. The van der Waals surface area contributed by atoms with E-state index in [9.17, 15) is 4.79 Å². The third-order valence-electron chi connectivity index (χ3n) is 3.80. The average Bonchev–Trinajstić information content (AvgIpc) is 2.97. The van der Waals surface area contributed by atoms with Crippen LogP contribution in [0.4, 0.5) is 0 Å². The van der Waals surface area contributed by atoms with Crippen molar-refractivity contribution in [2.24, 2.45) is 10.2 Å². The number of nitrogens with one attached hydrogen (secondary N) is 1. The van der Waals surface area contributed by atoms with Crippen LogP contribution in [0.15, 0.2) is 58.7 Å². The number of methoxy groups -OCH3 is 1. The Morgan fingerprint density at radius 3 is 2.72 bits per heavy atom. The van der Waals surface area contributed by atoms with Crippen LogP contribution in [-0.4, -0.2) is 29.6 Å². The first-order valence-corrected chi connectivity index (χ1v) is 8.81. The molecule has 0 aliphatic carbocycles. The van der Waals surface area contributed by atoms with Gasteiger partial charge in [-0.2, -0.15) is 5.10 Å². The summed E-state index contributed by atoms with van der Waals surface area (Å²) in [6, 6.07) is 15.8. The van der Waals surface area contributed by atoms with Gasteiger partial charge in [-0.05, 0) is 31.0 Å². The van der Waals surface area contributed by atoms with E-state index in [1.165, 1.54) is 17.3 Å². The normalized spacial score (nSPS) is 18.7. The van der Waals surface area contributed by atoms with Crippen molar-refractivity contribution in [2.45, 2.75) is 18.6 Å². The molecule has 128 valence electrons. The smallest absolute Gasteiger partial charge is 0.239 e. The van der Waals surface area contributed by atoms with Gasteiger partial charge in [0.1, 0.15) is 5.75 Å². The van der Waals surface area contributed by atoms with Gasteiger partial charge in [0, 0.05) is 5.56 Å². The number of rotatable bonds is 5. The molecule has 3 rings (SSSR count). The fraction of sp³-hybridized carbons (Fsp3) is 0.211. The van der Waals surface area contributed by atoms with Crippen LogP contribution in [0.1, 0.15) is 16.7 Å². The molecule has 0 aromatic heterocycles. The summed E-state index contributed by atoms with van der Waals surface area (Å²) >= 11 is 1.41. The van der Waals surface area contributed by atoms with Crippen LogP contribution in [0, 0.1) is 6.92 Å². The van der Waals surface area contributed by atoms with Crippen molar-refractivity contribution in [1.82, 2.24) is 5.32 Å². The molecule has 5 nitrogen and oxygen atoms in total. The van der Waals surface area contributed by atoms with Gasteiger partial charge in [-0.15, -0.1) is 5.10 Å². The first-order chi connectivity index (χ1) is 12.2. The minimum atomic E-state index is -0.178. The molecular formula is C19H19N3O2S. The van der Waals surface area contributed by atoms with Crippen molar-refractivity contribution in [3.63, 3.8) is 0 Å². The molecule has 1 saturated heterocycles. The minimum Gasteiger partial charge on any atom is -0.496 e. The maximum Gasteiger partial charge on any atom is 0.239 e. The monoisotopic (exact) mass is 353 g/mol. The summed E-state index contributed by atoms with van der Waals surface area (Å²) in [5.41, 5.74) is 3.18. The lowest BCUT2D eigenvalue weighted by Gasteiger charge is -2.05. The largest absolute Gasteiger partial charge is 0.496 e. The Balaban J connectivity index is 1.64. The van der Waals surface area contributed by atoms with Crippen molar-refractivity contribution in [1.29, 1.82) is 0 Å². The van der Waals surface area contributed by atoms with E-state index in [1.54, 1.807) is 13.3 Å². The summed E-state index contributed by atoms with van der Waals surface area (Å²) in [6.45, 7) is 2.05. The molecule has 0 bridgehead atoms. The predicted octanol–water partition coefficient (Wildman–Crippen LogP) is 3.17. The Kier molecular flexibility index (Phi) is 5.50. The molecule has 0 saturated carbocycles. The van der Waals surface area contributed by atoms with Crippen molar-refractivity contribution in [3.8, 4) is 5.75 Å². The number of hydrogen-bond acceptors (Lipinski definition) is 5. The number of aryl methyl sites for hydroxylation is 1. The van der Waals surface area contributed by atoms with Gasteiger partial charge in [-0.3, -0.25) is 4.79 Å². The molecule has 1 heterocycles. The summed E-state index contributed by atoms with van der Waals surface area (Å²) in [6.07, 6.45) is 2.29. The molecular weight excluding hydrogens is 334 g/mol. The van der Waals surface area contributed by atoms with Crippen LogP contribution in [-0.2, 0) is 11.2 Å². The highest BCUT2D eigenvalue weighted by atomic mass is 32.2. The number of carbonyl (C=O) groups is 1. The molecule has 2 aromatic carbocycles. The predicted molar refractivity (Wildman–Crippen MR) is 102 cm³/mol. The second-order valence-corrected chi connectivity index (χ2v) is 6.87. The van der Waals surface area contributed by atoms with E-state index in [0.717, 1.165) is 16.9 Å². The summed E-state index contributed by atoms with van der Waals surface area (Å²) in [4.78, 5) is 12.1. The van der Waals surface area contributed by atoms with Crippen LogP contribution < -0.4 is 10.1 Å². The van der Waals surface area contributed by atoms with Crippen LogP contribution in [0.25, 0.3) is 0 Å².